The van der Waals surface area contributed by atoms with E-state index in [0.717, 1.165) is 11.0 Å². The van der Waals surface area contributed by atoms with Crippen molar-refractivity contribution in [2.24, 2.45) is 0 Å². The molecule has 0 N–H and O–H groups in total. The summed E-state index contributed by atoms with van der Waals surface area (Å²) in [5, 5.41) is 5.88. The van der Waals surface area contributed by atoms with E-state index in [0.29, 0.717) is 0 Å². The van der Waals surface area contributed by atoms with Gasteiger partial charge in [0.05, 0.1) is 22.2 Å². The number of thiophene rings is 1. The molecule has 37 heavy (non-hydrogen) atoms. The van der Waals surface area contributed by atoms with Gasteiger partial charge in [0, 0.05) is 21.2 Å². The van der Waals surface area contributed by atoms with Crippen molar-refractivity contribution in [2.45, 2.75) is 38.9 Å². The van der Waals surface area contributed by atoms with E-state index in [2.05, 4.69) is 129 Å². The van der Waals surface area contributed by atoms with Gasteiger partial charge in [0.1, 0.15) is 0 Å². The minimum absolute atomic E-state index is 0.396. The lowest BCUT2D eigenvalue weighted by Gasteiger charge is -2.32. The fourth-order valence-electron chi connectivity index (χ4n) is 5.44. The fourth-order valence-corrected chi connectivity index (χ4v) is 6.26. The topological polar surface area (TPSA) is 23.4 Å². The predicted octanol–water partition coefficient (Wildman–Crippen LogP) is 7.96. The van der Waals surface area contributed by atoms with Crippen LogP contribution in [0.15, 0.2) is 96.4 Å². The van der Waals surface area contributed by atoms with E-state index in [4.69, 9.17) is 9.31 Å². The first-order valence-corrected chi connectivity index (χ1v) is 13.7. The Balaban J connectivity index is 1.46. The molecule has 1 aliphatic rings. The fraction of sp³-hybridized carbons (Fsp3) is 0.188. The average Bonchev–Trinajstić information content (AvgIpc) is 3.55. The maximum Gasteiger partial charge on any atom is 0.495 e. The first-order chi connectivity index (χ1) is 17.8. The summed E-state index contributed by atoms with van der Waals surface area (Å²) in [6.45, 7) is 8.45. The summed E-state index contributed by atoms with van der Waals surface area (Å²) in [5.41, 5.74) is 6.19. The van der Waals surface area contributed by atoms with Crippen LogP contribution >= 0.6 is 11.3 Å². The van der Waals surface area contributed by atoms with E-state index < -0.39 is 18.3 Å². The van der Waals surface area contributed by atoms with Gasteiger partial charge in [-0.2, -0.15) is 0 Å². The first-order valence-electron chi connectivity index (χ1n) is 12.8. The summed E-state index contributed by atoms with van der Waals surface area (Å²) in [7, 11) is -0.423. The summed E-state index contributed by atoms with van der Waals surface area (Å²) >= 11 is 1.75. The second kappa shape index (κ2) is 8.06. The molecule has 0 unspecified atom stereocenters. The smallest absolute Gasteiger partial charge is 0.399 e. The van der Waals surface area contributed by atoms with E-state index in [1.54, 1.807) is 11.3 Å². The predicted molar refractivity (Wildman–Crippen MR) is 157 cm³/mol. The van der Waals surface area contributed by atoms with Crippen molar-refractivity contribution < 1.29 is 9.31 Å². The zero-order valence-electron chi connectivity index (χ0n) is 21.5. The van der Waals surface area contributed by atoms with Crippen LogP contribution in [0.4, 0.5) is 0 Å². The molecule has 0 spiro atoms. The van der Waals surface area contributed by atoms with Gasteiger partial charge >= 0.3 is 7.12 Å². The second-order valence-electron chi connectivity index (χ2n) is 10.9. The molecule has 6 aromatic rings. The summed E-state index contributed by atoms with van der Waals surface area (Å²) in [4.78, 5) is 0. The maximum absolute atomic E-state index is 6.54. The van der Waals surface area contributed by atoms with Gasteiger partial charge in [-0.3, -0.25) is 0 Å². The van der Waals surface area contributed by atoms with Crippen molar-refractivity contribution in [1.82, 2.24) is 4.57 Å². The van der Waals surface area contributed by atoms with Gasteiger partial charge in [-0.25, -0.2) is 0 Å². The lowest BCUT2D eigenvalue weighted by atomic mass is 9.74. The van der Waals surface area contributed by atoms with Crippen LogP contribution in [-0.4, -0.2) is 22.9 Å². The van der Waals surface area contributed by atoms with Crippen LogP contribution in [0, 0.1) is 0 Å². The number of hydrogen-bond donors (Lipinski definition) is 0. The van der Waals surface area contributed by atoms with Crippen LogP contribution in [0.25, 0.3) is 48.7 Å². The first kappa shape index (κ1) is 22.8. The van der Waals surface area contributed by atoms with Gasteiger partial charge in [-0.05, 0) is 104 Å². The summed E-state index contributed by atoms with van der Waals surface area (Å²) in [5.74, 6) is 0. The highest BCUT2D eigenvalue weighted by molar-refractivity contribution is 7.17. The van der Waals surface area contributed by atoms with Crippen LogP contribution in [0.5, 0.6) is 0 Å². The number of para-hydroxylation sites is 2. The maximum atomic E-state index is 6.54. The van der Waals surface area contributed by atoms with E-state index in [-0.39, 0.29) is 0 Å². The molecule has 1 fully saturated rings. The molecule has 3 nitrogen and oxygen atoms in total. The van der Waals surface area contributed by atoms with Gasteiger partial charge in [0.2, 0.25) is 0 Å². The Morgan fingerprint density at radius 3 is 2.19 bits per heavy atom. The average molecular weight is 501 g/mol. The zero-order valence-corrected chi connectivity index (χ0v) is 22.3. The van der Waals surface area contributed by atoms with Crippen molar-refractivity contribution in [3.05, 3.63) is 96.4 Å². The molecule has 4 aromatic carbocycles. The molecule has 1 aliphatic heterocycles. The van der Waals surface area contributed by atoms with Crippen molar-refractivity contribution in [2.75, 3.05) is 0 Å². The largest absolute Gasteiger partial charge is 0.495 e. The minimum Gasteiger partial charge on any atom is -0.399 e. The van der Waals surface area contributed by atoms with Gasteiger partial charge < -0.3 is 13.9 Å². The van der Waals surface area contributed by atoms with Crippen molar-refractivity contribution in [1.29, 1.82) is 0 Å². The molecule has 0 amide bonds. The van der Waals surface area contributed by atoms with Crippen molar-refractivity contribution in [3.8, 4) is 16.8 Å². The molecule has 0 aliphatic carbocycles. The normalized spacial score (nSPS) is 16.8. The number of hydrogen-bond acceptors (Lipinski definition) is 3. The molecule has 5 heteroatoms. The van der Waals surface area contributed by atoms with Gasteiger partial charge in [0.15, 0.2) is 0 Å². The third-order valence-electron chi connectivity index (χ3n) is 8.13. The van der Waals surface area contributed by atoms with Gasteiger partial charge in [-0.15, -0.1) is 11.3 Å². The summed E-state index contributed by atoms with van der Waals surface area (Å²) in [6.07, 6.45) is 0. The van der Waals surface area contributed by atoms with E-state index >= 15 is 0 Å². The minimum atomic E-state index is -0.423. The molecule has 182 valence electrons. The van der Waals surface area contributed by atoms with Crippen molar-refractivity contribution in [3.63, 3.8) is 0 Å². The van der Waals surface area contributed by atoms with Crippen LogP contribution in [-0.2, 0) is 9.31 Å². The third kappa shape index (κ3) is 3.49. The SMILES string of the molecule is CC1(C)OB(c2cc3sccc3cc2-c2ccc3c(c2)c2ccccc2n3-c2ccccc2)OC1(C)C. The van der Waals surface area contributed by atoms with Crippen LogP contribution in [0.3, 0.4) is 0 Å². The molecule has 0 atom stereocenters. The highest BCUT2D eigenvalue weighted by Crippen LogP contribution is 2.39. The number of rotatable bonds is 3. The Labute approximate surface area is 221 Å². The van der Waals surface area contributed by atoms with Crippen LogP contribution in [0.2, 0.25) is 0 Å². The highest BCUT2D eigenvalue weighted by Gasteiger charge is 2.52. The summed E-state index contributed by atoms with van der Waals surface area (Å²) < 4.78 is 16.7. The number of aromatic nitrogens is 1. The lowest BCUT2D eigenvalue weighted by molar-refractivity contribution is 0.00578. The number of fused-ring (bicyclic) bond motifs is 4. The Morgan fingerprint density at radius 2 is 1.41 bits per heavy atom. The molecule has 2 aromatic heterocycles. The second-order valence-corrected chi connectivity index (χ2v) is 11.9. The van der Waals surface area contributed by atoms with Crippen molar-refractivity contribution >= 4 is 55.8 Å². The van der Waals surface area contributed by atoms with Crippen LogP contribution < -0.4 is 5.46 Å². The quantitative estimate of drug-likeness (QED) is 0.230. The molecule has 0 radical (unpaired) electrons. The number of benzene rings is 4. The van der Waals surface area contributed by atoms with Gasteiger partial charge in [-0.1, -0.05) is 42.5 Å². The molecular weight excluding hydrogens is 473 g/mol. The van der Waals surface area contributed by atoms with E-state index in [9.17, 15) is 0 Å². The van der Waals surface area contributed by atoms with E-state index in [1.165, 1.54) is 43.1 Å². The molecular formula is C32H28BNO2S. The highest BCUT2D eigenvalue weighted by atomic mass is 32.1. The van der Waals surface area contributed by atoms with E-state index in [1.807, 2.05) is 0 Å². The Bertz CT molecular complexity index is 1780. The zero-order chi connectivity index (χ0) is 25.4. The molecule has 7 rings (SSSR count). The lowest BCUT2D eigenvalue weighted by Crippen LogP contribution is -2.41. The van der Waals surface area contributed by atoms with Gasteiger partial charge in [0.25, 0.3) is 0 Å². The molecule has 0 saturated carbocycles. The molecule has 3 heterocycles. The number of nitrogens with zero attached hydrogens (tertiary/aromatic N) is 1. The van der Waals surface area contributed by atoms with Crippen LogP contribution in [0.1, 0.15) is 27.7 Å². The summed E-state index contributed by atoms with van der Waals surface area (Å²) in [6, 6.07) is 32.8. The monoisotopic (exact) mass is 501 g/mol. The Kier molecular flexibility index (Phi) is 4.97. The Hall–Kier alpha value is -3.38. The molecule has 0 bridgehead atoms. The molecule has 1 saturated heterocycles. The third-order valence-corrected chi connectivity index (χ3v) is 9.01. The standard InChI is InChI=1S/C32H28BNO2S/c1-31(2)32(3,4)36-33(35-31)27-20-30-22(16-17-37-30)19-25(27)21-14-15-29-26(18-21)24-12-8-9-13-28(24)34(29)23-10-6-5-7-11-23/h5-20H,1-4H3. The Morgan fingerprint density at radius 1 is 0.703 bits per heavy atom.